The van der Waals surface area contributed by atoms with Crippen LogP contribution in [0.4, 0.5) is 4.39 Å². The largest absolute Gasteiger partial charge is 0.387 e. The molecule has 0 amide bonds. The molecule has 0 unspecified atom stereocenters. The maximum absolute atomic E-state index is 13.3. The van der Waals surface area contributed by atoms with E-state index in [-0.39, 0.29) is 17.4 Å². The molecule has 0 aromatic heterocycles. The zero-order valence-electron chi connectivity index (χ0n) is 16.3. The van der Waals surface area contributed by atoms with Crippen molar-refractivity contribution in [3.05, 3.63) is 65.5 Å². The van der Waals surface area contributed by atoms with Crippen LogP contribution in [-0.4, -0.2) is 30.4 Å². The summed E-state index contributed by atoms with van der Waals surface area (Å²) in [5.74, 6) is 2.08. The quantitative estimate of drug-likeness (QED) is 0.680. The van der Waals surface area contributed by atoms with Gasteiger partial charge in [0.25, 0.3) is 0 Å². The third-order valence-electron chi connectivity index (χ3n) is 4.53. The van der Waals surface area contributed by atoms with Gasteiger partial charge in [-0.3, -0.25) is 0 Å². The molecule has 0 aliphatic carbocycles. The first-order valence-corrected chi connectivity index (χ1v) is 10.6. The van der Waals surface area contributed by atoms with Crippen molar-refractivity contribution in [3.8, 4) is 12.3 Å². The van der Waals surface area contributed by atoms with Gasteiger partial charge < -0.3 is 5.11 Å². The molecule has 28 heavy (non-hydrogen) atoms. The zero-order valence-corrected chi connectivity index (χ0v) is 17.2. The minimum Gasteiger partial charge on any atom is -0.387 e. The molecule has 0 saturated heterocycles. The second-order valence-electron chi connectivity index (χ2n) is 7.26. The monoisotopic (exact) mass is 403 g/mol. The number of hydrogen-bond acceptors (Lipinski definition) is 3. The first kappa shape index (κ1) is 22.1. The number of hydrogen-bond donors (Lipinski definition) is 1. The smallest absolute Gasteiger partial charge is 0.244 e. The van der Waals surface area contributed by atoms with E-state index in [0.717, 1.165) is 5.56 Å². The Morgan fingerprint density at radius 2 is 1.68 bits per heavy atom. The summed E-state index contributed by atoms with van der Waals surface area (Å²) in [7, 11) is -3.93. The first-order valence-electron chi connectivity index (χ1n) is 9.12. The number of nitrogens with zero attached hydrogens (tertiary/aromatic N) is 1. The fourth-order valence-corrected chi connectivity index (χ4v) is 4.64. The van der Waals surface area contributed by atoms with Crippen LogP contribution in [-0.2, 0) is 10.0 Å². The predicted octanol–water partition coefficient (Wildman–Crippen LogP) is 3.91. The van der Waals surface area contributed by atoms with E-state index in [1.54, 1.807) is 12.1 Å². The number of aliphatic hydroxyl groups excluding tert-OH is 1. The van der Waals surface area contributed by atoms with E-state index in [0.29, 0.717) is 12.0 Å². The summed E-state index contributed by atoms with van der Waals surface area (Å²) >= 11 is 0. The fourth-order valence-electron chi connectivity index (χ4n) is 3.09. The molecule has 6 heteroatoms. The summed E-state index contributed by atoms with van der Waals surface area (Å²) in [6.07, 6.45) is 4.72. The summed E-state index contributed by atoms with van der Waals surface area (Å²) in [5.41, 5.74) is 1.38. The van der Waals surface area contributed by atoms with Crippen molar-refractivity contribution >= 4 is 10.0 Å². The van der Waals surface area contributed by atoms with Crippen LogP contribution in [0.3, 0.4) is 0 Å². The Balaban J connectivity index is 2.50. The number of sulfonamides is 1. The fraction of sp³-hybridized carbons (Fsp3) is 0.364. The Kier molecular flexibility index (Phi) is 7.36. The van der Waals surface area contributed by atoms with Gasteiger partial charge in [-0.15, -0.1) is 6.42 Å². The molecule has 2 atom stereocenters. The maximum Gasteiger partial charge on any atom is 0.244 e. The van der Waals surface area contributed by atoms with E-state index >= 15 is 0 Å². The number of aliphatic hydroxyl groups is 1. The van der Waals surface area contributed by atoms with Gasteiger partial charge >= 0.3 is 0 Å². The third-order valence-corrected chi connectivity index (χ3v) is 6.42. The Morgan fingerprint density at radius 3 is 2.18 bits per heavy atom. The molecule has 0 radical (unpaired) electrons. The molecular weight excluding hydrogens is 377 g/mol. The molecule has 2 aromatic rings. The second kappa shape index (κ2) is 9.33. The number of rotatable bonds is 8. The Labute approximate surface area is 167 Å². The topological polar surface area (TPSA) is 57.6 Å². The average Bonchev–Trinajstić information content (AvgIpc) is 2.64. The minimum atomic E-state index is -3.93. The lowest BCUT2D eigenvalue weighted by atomic mass is 9.94. The van der Waals surface area contributed by atoms with Crippen molar-refractivity contribution in [2.24, 2.45) is 5.92 Å². The Morgan fingerprint density at radius 1 is 1.11 bits per heavy atom. The van der Waals surface area contributed by atoms with Gasteiger partial charge in [0.2, 0.25) is 10.0 Å². The lowest BCUT2D eigenvalue weighted by Gasteiger charge is -2.34. The van der Waals surface area contributed by atoms with Gasteiger partial charge in [-0.2, -0.15) is 4.31 Å². The Hall–Kier alpha value is -2.20. The van der Waals surface area contributed by atoms with Gasteiger partial charge in [0.1, 0.15) is 5.82 Å². The van der Waals surface area contributed by atoms with Crippen molar-refractivity contribution < 1.29 is 17.9 Å². The zero-order chi connectivity index (χ0) is 20.9. The van der Waals surface area contributed by atoms with E-state index in [9.17, 15) is 17.9 Å². The molecule has 0 bridgehead atoms. The van der Waals surface area contributed by atoms with E-state index in [2.05, 4.69) is 5.92 Å². The van der Waals surface area contributed by atoms with Crippen LogP contribution in [0, 0.1) is 31.0 Å². The molecule has 0 spiro atoms. The molecular formula is C22H26FNO3S. The van der Waals surface area contributed by atoms with Crippen LogP contribution in [0.1, 0.15) is 37.5 Å². The van der Waals surface area contributed by atoms with Gasteiger partial charge in [-0.1, -0.05) is 49.6 Å². The van der Waals surface area contributed by atoms with Crippen LogP contribution in [0.5, 0.6) is 0 Å². The van der Waals surface area contributed by atoms with E-state index in [1.165, 1.54) is 40.7 Å². The van der Waals surface area contributed by atoms with Crippen molar-refractivity contribution in [2.45, 2.75) is 44.2 Å². The van der Waals surface area contributed by atoms with Gasteiger partial charge in [-0.05, 0) is 49.1 Å². The average molecular weight is 404 g/mol. The third kappa shape index (κ3) is 5.20. The molecule has 0 aliphatic rings. The standard InChI is InChI=1S/C22H26FNO3S/c1-5-14-24(28(26,27)20-12-6-17(4)7-13-20)21(15-16(2)3)22(25)18-8-10-19(23)11-9-18/h1,6-13,16,21-22,25H,14-15H2,2-4H3/t21-,22+/m0/s1. The Bertz CT molecular complexity index is 916. The van der Waals surface area contributed by atoms with E-state index in [1.807, 2.05) is 20.8 Å². The normalized spacial score (nSPS) is 14.1. The van der Waals surface area contributed by atoms with Crippen molar-refractivity contribution in [1.82, 2.24) is 4.31 Å². The van der Waals surface area contributed by atoms with Crippen LogP contribution < -0.4 is 0 Å². The lowest BCUT2D eigenvalue weighted by molar-refractivity contribution is 0.0817. The van der Waals surface area contributed by atoms with Crippen LogP contribution in [0.25, 0.3) is 0 Å². The number of terminal acetylenes is 1. The maximum atomic E-state index is 13.3. The number of aryl methyl sites for hydroxylation is 1. The van der Waals surface area contributed by atoms with Gasteiger partial charge in [-0.25, -0.2) is 12.8 Å². The summed E-state index contributed by atoms with van der Waals surface area (Å²) in [6, 6.07) is 11.1. The first-order chi connectivity index (χ1) is 13.2. The van der Waals surface area contributed by atoms with E-state index < -0.39 is 28.0 Å². The molecule has 150 valence electrons. The van der Waals surface area contributed by atoms with Crippen molar-refractivity contribution in [1.29, 1.82) is 0 Å². The van der Waals surface area contributed by atoms with E-state index in [4.69, 9.17) is 6.42 Å². The molecule has 1 N–H and O–H groups in total. The summed E-state index contributed by atoms with van der Waals surface area (Å²) in [5, 5.41) is 11.0. The molecule has 4 nitrogen and oxygen atoms in total. The highest BCUT2D eigenvalue weighted by atomic mass is 32.2. The van der Waals surface area contributed by atoms with Crippen molar-refractivity contribution in [2.75, 3.05) is 6.54 Å². The number of benzene rings is 2. The lowest BCUT2D eigenvalue weighted by Crippen LogP contribution is -2.44. The van der Waals surface area contributed by atoms with Gasteiger partial charge in [0.05, 0.1) is 23.6 Å². The van der Waals surface area contributed by atoms with Gasteiger partial charge in [0, 0.05) is 0 Å². The highest BCUT2D eigenvalue weighted by Crippen LogP contribution is 2.30. The van der Waals surface area contributed by atoms with Crippen molar-refractivity contribution in [3.63, 3.8) is 0 Å². The van der Waals surface area contributed by atoms with Crippen LogP contribution in [0.15, 0.2) is 53.4 Å². The molecule has 0 fully saturated rings. The molecule has 0 heterocycles. The highest BCUT2D eigenvalue weighted by Gasteiger charge is 2.36. The highest BCUT2D eigenvalue weighted by molar-refractivity contribution is 7.89. The minimum absolute atomic E-state index is 0.105. The summed E-state index contributed by atoms with van der Waals surface area (Å²) < 4.78 is 41.1. The van der Waals surface area contributed by atoms with Crippen LogP contribution in [0.2, 0.25) is 0 Å². The van der Waals surface area contributed by atoms with Gasteiger partial charge in [0.15, 0.2) is 0 Å². The molecule has 0 saturated carbocycles. The SMILES string of the molecule is C#CCN([C@@H](CC(C)C)[C@H](O)c1ccc(F)cc1)S(=O)(=O)c1ccc(C)cc1. The van der Waals surface area contributed by atoms with Crippen LogP contribution >= 0.6 is 0 Å². The summed E-state index contributed by atoms with van der Waals surface area (Å²) in [6.45, 7) is 5.58. The predicted molar refractivity (Wildman–Crippen MR) is 109 cm³/mol. The molecule has 2 rings (SSSR count). The molecule has 2 aromatic carbocycles. The summed E-state index contributed by atoms with van der Waals surface area (Å²) in [4.78, 5) is 0.119. The second-order valence-corrected chi connectivity index (χ2v) is 9.15. The number of halogens is 1. The molecule has 0 aliphatic heterocycles.